The first-order valence-corrected chi connectivity index (χ1v) is 7.57. The van der Waals surface area contributed by atoms with Crippen LogP contribution in [-0.4, -0.2) is 25.3 Å². The van der Waals surface area contributed by atoms with Crippen molar-refractivity contribution in [2.24, 2.45) is 0 Å². The molecule has 8 heteroatoms. The summed E-state index contributed by atoms with van der Waals surface area (Å²) in [7, 11) is 1.24. The van der Waals surface area contributed by atoms with E-state index in [-0.39, 0.29) is 12.0 Å². The Labute approximate surface area is 147 Å². The largest absolute Gasteiger partial charge is 0.573 e. The van der Waals surface area contributed by atoms with E-state index in [1.54, 1.807) is 30.3 Å². The molecule has 2 aromatic rings. The summed E-state index contributed by atoms with van der Waals surface area (Å²) in [4.78, 5) is 24.0. The lowest BCUT2D eigenvalue weighted by molar-refractivity contribution is -0.274. The average molecular weight is 367 g/mol. The second kappa shape index (κ2) is 8.37. The molecule has 1 atom stereocenters. The van der Waals surface area contributed by atoms with Crippen LogP contribution in [0.5, 0.6) is 5.75 Å². The van der Waals surface area contributed by atoms with E-state index in [4.69, 9.17) is 0 Å². The summed E-state index contributed by atoms with van der Waals surface area (Å²) >= 11 is 0. The normalized spacial score (nSPS) is 12.2. The van der Waals surface area contributed by atoms with Gasteiger partial charge in [0.05, 0.1) is 19.6 Å². The van der Waals surface area contributed by atoms with Crippen molar-refractivity contribution in [3.8, 4) is 5.75 Å². The molecular formula is C18H16F3NO4. The van der Waals surface area contributed by atoms with Crippen molar-refractivity contribution in [2.75, 3.05) is 7.11 Å². The summed E-state index contributed by atoms with van der Waals surface area (Å²) in [6, 6.07) is 12.7. The Morgan fingerprint density at radius 2 is 1.65 bits per heavy atom. The van der Waals surface area contributed by atoms with Crippen molar-refractivity contribution in [2.45, 2.75) is 18.8 Å². The number of hydrogen-bond donors (Lipinski definition) is 1. The third kappa shape index (κ3) is 5.80. The second-order valence-corrected chi connectivity index (χ2v) is 5.29. The number of alkyl halides is 3. The molecule has 5 nitrogen and oxygen atoms in total. The quantitative estimate of drug-likeness (QED) is 0.792. The van der Waals surface area contributed by atoms with E-state index in [0.717, 1.165) is 12.1 Å². The van der Waals surface area contributed by atoms with E-state index in [1.807, 2.05) is 0 Å². The highest BCUT2D eigenvalue weighted by molar-refractivity contribution is 5.94. The zero-order chi connectivity index (χ0) is 19.2. The maximum Gasteiger partial charge on any atom is 0.573 e. The molecule has 26 heavy (non-hydrogen) atoms. The van der Waals surface area contributed by atoms with Crippen LogP contribution >= 0.6 is 0 Å². The van der Waals surface area contributed by atoms with Crippen molar-refractivity contribution >= 4 is 11.9 Å². The smallest absolute Gasteiger partial charge is 0.469 e. The number of hydrogen-bond acceptors (Lipinski definition) is 4. The fraction of sp³-hybridized carbons (Fsp3) is 0.222. The van der Waals surface area contributed by atoms with E-state index >= 15 is 0 Å². The van der Waals surface area contributed by atoms with Gasteiger partial charge in [0.15, 0.2) is 0 Å². The van der Waals surface area contributed by atoms with Crippen LogP contribution in [0.4, 0.5) is 13.2 Å². The summed E-state index contributed by atoms with van der Waals surface area (Å²) in [6.45, 7) is 0. The molecule has 1 N–H and O–H groups in total. The number of carbonyl (C=O) groups excluding carboxylic acids is 2. The number of halogens is 3. The lowest BCUT2D eigenvalue weighted by atomic mass is 10.0. The van der Waals surface area contributed by atoms with Gasteiger partial charge in [-0.05, 0) is 29.8 Å². The molecule has 1 unspecified atom stereocenters. The summed E-state index contributed by atoms with van der Waals surface area (Å²) in [5.74, 6) is -1.47. The molecule has 0 aliphatic heterocycles. The van der Waals surface area contributed by atoms with Gasteiger partial charge >= 0.3 is 12.3 Å². The van der Waals surface area contributed by atoms with Gasteiger partial charge in [0.25, 0.3) is 5.91 Å². The second-order valence-electron chi connectivity index (χ2n) is 5.29. The summed E-state index contributed by atoms with van der Waals surface area (Å²) in [5.41, 5.74) is 0.827. The number of rotatable bonds is 6. The molecular weight excluding hydrogens is 351 g/mol. The predicted molar refractivity (Wildman–Crippen MR) is 86.4 cm³/mol. The van der Waals surface area contributed by atoms with Crippen molar-refractivity contribution < 1.29 is 32.2 Å². The first-order chi connectivity index (χ1) is 12.3. The Hall–Kier alpha value is -3.03. The van der Waals surface area contributed by atoms with Gasteiger partial charge in [-0.3, -0.25) is 9.59 Å². The Balaban J connectivity index is 2.12. The number of carbonyl (C=O) groups is 2. The molecule has 0 aliphatic rings. The van der Waals surface area contributed by atoms with E-state index in [1.165, 1.54) is 19.2 Å². The standard InChI is InChI=1S/C18H16F3NO4/c1-25-16(23)11-15(12-5-3-2-4-6-12)22-17(24)13-7-9-14(10-8-13)26-18(19,20)21/h2-10,15H,11H2,1H3,(H,22,24). The van der Waals surface area contributed by atoms with Crippen LogP contribution in [0, 0.1) is 0 Å². The molecule has 0 heterocycles. The average Bonchev–Trinajstić information content (AvgIpc) is 2.61. The van der Waals surface area contributed by atoms with E-state index in [9.17, 15) is 22.8 Å². The first kappa shape index (κ1) is 19.3. The van der Waals surface area contributed by atoms with Crippen LogP contribution in [0.2, 0.25) is 0 Å². The maximum absolute atomic E-state index is 12.4. The van der Waals surface area contributed by atoms with Gasteiger partial charge in [-0.2, -0.15) is 0 Å². The lowest BCUT2D eigenvalue weighted by Crippen LogP contribution is -2.30. The molecule has 0 saturated carbocycles. The highest BCUT2D eigenvalue weighted by Crippen LogP contribution is 2.23. The predicted octanol–water partition coefficient (Wildman–Crippen LogP) is 3.62. The Bertz CT molecular complexity index is 745. The minimum Gasteiger partial charge on any atom is -0.469 e. The molecule has 0 fully saturated rings. The van der Waals surface area contributed by atoms with Crippen molar-refractivity contribution in [1.29, 1.82) is 0 Å². The number of amides is 1. The van der Waals surface area contributed by atoms with Gasteiger partial charge in [-0.1, -0.05) is 30.3 Å². The van der Waals surface area contributed by atoms with Gasteiger partial charge < -0.3 is 14.8 Å². The lowest BCUT2D eigenvalue weighted by Gasteiger charge is -2.18. The van der Waals surface area contributed by atoms with Crippen molar-refractivity contribution in [3.05, 3.63) is 65.7 Å². The Morgan fingerprint density at radius 1 is 1.04 bits per heavy atom. The third-order valence-corrected chi connectivity index (χ3v) is 3.46. The summed E-state index contributed by atoms with van der Waals surface area (Å²) in [5, 5.41) is 2.68. The molecule has 2 aromatic carbocycles. The minimum absolute atomic E-state index is 0.0818. The number of nitrogens with one attached hydrogen (secondary N) is 1. The third-order valence-electron chi connectivity index (χ3n) is 3.46. The number of benzene rings is 2. The molecule has 2 rings (SSSR count). The number of methoxy groups -OCH3 is 1. The number of ether oxygens (including phenoxy) is 2. The fourth-order valence-electron chi connectivity index (χ4n) is 2.24. The molecule has 0 bridgehead atoms. The topological polar surface area (TPSA) is 64.6 Å². The fourth-order valence-corrected chi connectivity index (χ4v) is 2.24. The van der Waals surface area contributed by atoms with Crippen LogP contribution < -0.4 is 10.1 Å². The van der Waals surface area contributed by atoms with Crippen LogP contribution in [0.1, 0.15) is 28.4 Å². The van der Waals surface area contributed by atoms with Crippen LogP contribution in [-0.2, 0) is 9.53 Å². The molecule has 0 aromatic heterocycles. The van der Waals surface area contributed by atoms with Gasteiger partial charge in [-0.15, -0.1) is 13.2 Å². The summed E-state index contributed by atoms with van der Waals surface area (Å²) in [6.07, 6.45) is -4.88. The van der Waals surface area contributed by atoms with Gasteiger partial charge in [-0.25, -0.2) is 0 Å². The maximum atomic E-state index is 12.4. The van der Waals surface area contributed by atoms with Crippen molar-refractivity contribution in [3.63, 3.8) is 0 Å². The van der Waals surface area contributed by atoms with E-state index in [2.05, 4.69) is 14.8 Å². The molecule has 0 saturated heterocycles. The van der Waals surface area contributed by atoms with E-state index < -0.39 is 30.0 Å². The molecule has 0 aliphatic carbocycles. The van der Waals surface area contributed by atoms with Gasteiger partial charge in [0.2, 0.25) is 0 Å². The molecule has 1 amide bonds. The monoisotopic (exact) mass is 367 g/mol. The zero-order valence-corrected chi connectivity index (χ0v) is 13.7. The summed E-state index contributed by atoms with van der Waals surface area (Å²) < 4.78 is 44.9. The van der Waals surface area contributed by atoms with Crippen LogP contribution in [0.25, 0.3) is 0 Å². The first-order valence-electron chi connectivity index (χ1n) is 7.57. The Morgan fingerprint density at radius 3 is 2.19 bits per heavy atom. The molecule has 0 radical (unpaired) electrons. The van der Waals surface area contributed by atoms with Crippen LogP contribution in [0.15, 0.2) is 54.6 Å². The van der Waals surface area contributed by atoms with Gasteiger partial charge in [0.1, 0.15) is 5.75 Å². The Kier molecular flexibility index (Phi) is 6.21. The van der Waals surface area contributed by atoms with Crippen molar-refractivity contribution in [1.82, 2.24) is 5.32 Å². The van der Waals surface area contributed by atoms with Crippen LogP contribution in [0.3, 0.4) is 0 Å². The number of esters is 1. The highest BCUT2D eigenvalue weighted by Gasteiger charge is 2.31. The SMILES string of the molecule is COC(=O)CC(NC(=O)c1ccc(OC(F)(F)F)cc1)c1ccccc1. The molecule has 0 spiro atoms. The van der Waals surface area contributed by atoms with E-state index in [0.29, 0.717) is 5.56 Å². The highest BCUT2D eigenvalue weighted by atomic mass is 19.4. The minimum atomic E-state index is -4.80. The zero-order valence-electron chi connectivity index (χ0n) is 13.7. The molecule has 138 valence electrons. The van der Waals surface area contributed by atoms with Gasteiger partial charge in [0, 0.05) is 5.56 Å².